The van der Waals surface area contributed by atoms with Gasteiger partial charge in [0.15, 0.2) is 0 Å². The molecular weight excluding hydrogens is 340 g/mol. The Balaban J connectivity index is 0.00000200. The van der Waals surface area contributed by atoms with E-state index >= 15 is 0 Å². The van der Waals surface area contributed by atoms with Crippen LogP contribution in [0.25, 0.3) is 0 Å². The molecule has 2 N–H and O–H groups in total. The second-order valence-electron chi connectivity index (χ2n) is 4.18. The lowest BCUT2D eigenvalue weighted by Gasteiger charge is -2.19. The second kappa shape index (κ2) is 8.15. The molecule has 5 heteroatoms. The third kappa shape index (κ3) is 4.71. The lowest BCUT2D eigenvalue weighted by atomic mass is 10.2. The summed E-state index contributed by atoms with van der Waals surface area (Å²) in [5.41, 5.74) is 2.13. The summed E-state index contributed by atoms with van der Waals surface area (Å²) in [6.07, 6.45) is 0. The predicted molar refractivity (Wildman–Crippen MR) is 89.4 cm³/mol. The zero-order chi connectivity index (χ0) is 13.7. The van der Waals surface area contributed by atoms with Gasteiger partial charge in [-0.1, -0.05) is 28.1 Å². The fraction of sp³-hybridized carbons (Fsp3) is 0.200. The molecule has 0 spiro atoms. The first-order valence-electron chi connectivity index (χ1n) is 6.18. The summed E-state index contributed by atoms with van der Waals surface area (Å²) < 4.78 is 6.48. The first kappa shape index (κ1) is 16.8. The Hall–Kier alpha value is -1.23. The maximum absolute atomic E-state index is 6.07. The summed E-state index contributed by atoms with van der Waals surface area (Å²) in [6.45, 7) is 3.31. The summed E-state index contributed by atoms with van der Waals surface area (Å²) in [4.78, 5) is 0. The molecule has 0 aliphatic rings. The first-order valence-corrected chi connectivity index (χ1v) is 6.98. The molecule has 0 bridgehead atoms. The normalized spacial score (nSPS) is 9.75. The van der Waals surface area contributed by atoms with Crippen LogP contribution in [0.4, 0.5) is 5.69 Å². The number of halogens is 2. The SMILES string of the molecule is CCOc1ccc(N(N)Cc2ccc(Br)cc2)cc1.Cl. The summed E-state index contributed by atoms with van der Waals surface area (Å²) in [5.74, 6) is 6.93. The average molecular weight is 358 g/mol. The fourth-order valence-electron chi connectivity index (χ4n) is 1.78. The van der Waals surface area contributed by atoms with Crippen LogP contribution in [0.1, 0.15) is 12.5 Å². The third-order valence-electron chi connectivity index (χ3n) is 2.75. The van der Waals surface area contributed by atoms with E-state index in [4.69, 9.17) is 10.6 Å². The van der Waals surface area contributed by atoms with Gasteiger partial charge in [0.2, 0.25) is 0 Å². The van der Waals surface area contributed by atoms with E-state index in [2.05, 4.69) is 28.1 Å². The molecule has 0 saturated heterocycles. The standard InChI is InChI=1S/C15H17BrN2O.ClH/c1-2-19-15-9-7-14(8-10-15)18(17)11-12-3-5-13(16)6-4-12;/h3-10H,2,11,17H2,1H3;1H. The minimum absolute atomic E-state index is 0. The number of nitrogens with two attached hydrogens (primary N) is 1. The van der Waals surface area contributed by atoms with E-state index in [1.54, 1.807) is 5.01 Å². The Morgan fingerprint density at radius 1 is 1.05 bits per heavy atom. The van der Waals surface area contributed by atoms with Crippen LogP contribution in [-0.4, -0.2) is 6.61 Å². The van der Waals surface area contributed by atoms with E-state index in [0.29, 0.717) is 13.2 Å². The molecule has 2 rings (SSSR count). The first-order chi connectivity index (χ1) is 9.19. The molecule has 2 aromatic rings. The zero-order valence-electron chi connectivity index (χ0n) is 11.3. The van der Waals surface area contributed by atoms with Gasteiger partial charge in [0, 0.05) is 4.47 Å². The summed E-state index contributed by atoms with van der Waals surface area (Å²) in [7, 11) is 0. The molecule has 0 heterocycles. The zero-order valence-corrected chi connectivity index (χ0v) is 13.7. The van der Waals surface area contributed by atoms with Crippen molar-refractivity contribution >= 4 is 34.0 Å². The van der Waals surface area contributed by atoms with Crippen LogP contribution in [-0.2, 0) is 6.54 Å². The van der Waals surface area contributed by atoms with Crippen molar-refractivity contribution in [2.24, 2.45) is 5.84 Å². The summed E-state index contributed by atoms with van der Waals surface area (Å²) >= 11 is 3.42. The minimum atomic E-state index is 0. The highest BCUT2D eigenvalue weighted by molar-refractivity contribution is 9.10. The Kier molecular flexibility index (Phi) is 6.85. The van der Waals surface area contributed by atoms with Crippen LogP contribution in [0.15, 0.2) is 53.0 Å². The van der Waals surface area contributed by atoms with Crippen LogP contribution in [0.5, 0.6) is 5.75 Å². The van der Waals surface area contributed by atoms with Crippen molar-refractivity contribution in [2.45, 2.75) is 13.5 Å². The molecule has 0 aliphatic carbocycles. The smallest absolute Gasteiger partial charge is 0.119 e. The number of hydrazine groups is 1. The highest BCUT2D eigenvalue weighted by Crippen LogP contribution is 2.19. The molecule has 20 heavy (non-hydrogen) atoms. The van der Waals surface area contributed by atoms with Gasteiger partial charge in [-0.2, -0.15) is 0 Å². The number of ether oxygens (including phenoxy) is 1. The van der Waals surface area contributed by atoms with Gasteiger partial charge in [0.1, 0.15) is 5.75 Å². The molecule has 2 aromatic carbocycles. The third-order valence-corrected chi connectivity index (χ3v) is 3.27. The van der Waals surface area contributed by atoms with Crippen molar-refractivity contribution in [3.63, 3.8) is 0 Å². The van der Waals surface area contributed by atoms with Gasteiger partial charge in [-0.25, -0.2) is 5.84 Å². The van der Waals surface area contributed by atoms with Crippen molar-refractivity contribution in [3.05, 3.63) is 58.6 Å². The number of hydrogen-bond acceptors (Lipinski definition) is 3. The Morgan fingerprint density at radius 2 is 1.65 bits per heavy atom. The van der Waals surface area contributed by atoms with Crippen molar-refractivity contribution in [2.75, 3.05) is 11.6 Å². The molecule has 0 amide bonds. The van der Waals surface area contributed by atoms with Gasteiger partial charge >= 0.3 is 0 Å². The van der Waals surface area contributed by atoms with Crippen LogP contribution in [0, 0.1) is 0 Å². The second-order valence-corrected chi connectivity index (χ2v) is 5.10. The Morgan fingerprint density at radius 3 is 2.20 bits per heavy atom. The van der Waals surface area contributed by atoms with Crippen LogP contribution in [0.2, 0.25) is 0 Å². The quantitative estimate of drug-likeness (QED) is 0.645. The van der Waals surface area contributed by atoms with Crippen LogP contribution < -0.4 is 15.6 Å². The number of anilines is 1. The number of rotatable bonds is 5. The van der Waals surface area contributed by atoms with Gasteiger partial charge in [-0.3, -0.25) is 0 Å². The molecule has 0 unspecified atom stereocenters. The van der Waals surface area contributed by atoms with Crippen molar-refractivity contribution in [1.82, 2.24) is 0 Å². The lowest BCUT2D eigenvalue weighted by molar-refractivity contribution is 0.340. The Labute approximate surface area is 134 Å². The molecule has 0 atom stereocenters. The molecule has 0 saturated carbocycles. The molecule has 0 fully saturated rings. The van der Waals surface area contributed by atoms with E-state index in [0.717, 1.165) is 15.9 Å². The molecule has 0 aromatic heterocycles. The molecule has 0 aliphatic heterocycles. The van der Waals surface area contributed by atoms with E-state index in [-0.39, 0.29) is 12.4 Å². The minimum Gasteiger partial charge on any atom is -0.494 e. The van der Waals surface area contributed by atoms with Crippen LogP contribution >= 0.6 is 28.3 Å². The van der Waals surface area contributed by atoms with Gasteiger partial charge in [0.05, 0.1) is 18.8 Å². The van der Waals surface area contributed by atoms with E-state index in [1.165, 1.54) is 5.56 Å². The number of benzene rings is 2. The molecule has 108 valence electrons. The highest BCUT2D eigenvalue weighted by Gasteiger charge is 2.03. The van der Waals surface area contributed by atoms with Gasteiger partial charge in [-0.05, 0) is 48.9 Å². The largest absolute Gasteiger partial charge is 0.494 e. The van der Waals surface area contributed by atoms with Crippen molar-refractivity contribution < 1.29 is 4.74 Å². The van der Waals surface area contributed by atoms with Gasteiger partial charge < -0.3 is 9.75 Å². The predicted octanol–water partition coefficient (Wildman–Crippen LogP) is 4.15. The van der Waals surface area contributed by atoms with E-state index in [9.17, 15) is 0 Å². The lowest BCUT2D eigenvalue weighted by Crippen LogP contribution is -2.29. The topological polar surface area (TPSA) is 38.5 Å². The summed E-state index contributed by atoms with van der Waals surface area (Å²) in [5, 5.41) is 1.72. The summed E-state index contributed by atoms with van der Waals surface area (Å²) in [6, 6.07) is 15.9. The van der Waals surface area contributed by atoms with Crippen molar-refractivity contribution in [1.29, 1.82) is 0 Å². The number of hydrogen-bond donors (Lipinski definition) is 1. The fourth-order valence-corrected chi connectivity index (χ4v) is 2.04. The molecular formula is C15H18BrClN2O. The number of nitrogens with zero attached hydrogens (tertiary/aromatic N) is 1. The molecule has 0 radical (unpaired) electrons. The van der Waals surface area contributed by atoms with Gasteiger partial charge in [-0.15, -0.1) is 12.4 Å². The molecule has 3 nitrogen and oxygen atoms in total. The van der Waals surface area contributed by atoms with E-state index in [1.807, 2.05) is 43.3 Å². The highest BCUT2D eigenvalue weighted by atomic mass is 79.9. The van der Waals surface area contributed by atoms with Crippen molar-refractivity contribution in [3.8, 4) is 5.75 Å². The van der Waals surface area contributed by atoms with Gasteiger partial charge in [0.25, 0.3) is 0 Å². The average Bonchev–Trinajstić information content (AvgIpc) is 2.42. The van der Waals surface area contributed by atoms with Crippen LogP contribution in [0.3, 0.4) is 0 Å². The maximum atomic E-state index is 6.07. The van der Waals surface area contributed by atoms with E-state index < -0.39 is 0 Å². The maximum Gasteiger partial charge on any atom is 0.119 e. The Bertz CT molecular complexity index is 516. The monoisotopic (exact) mass is 356 g/mol.